The molecule has 5 heteroatoms. The van der Waals surface area contributed by atoms with Crippen molar-refractivity contribution in [3.05, 3.63) is 110 Å². The van der Waals surface area contributed by atoms with E-state index in [4.69, 9.17) is 0 Å². The van der Waals surface area contributed by atoms with Crippen LogP contribution in [0.1, 0.15) is 236 Å². The number of hydrogen-bond donors (Lipinski definition) is 0. The van der Waals surface area contributed by atoms with Gasteiger partial charge in [0.25, 0.3) is 0 Å². The van der Waals surface area contributed by atoms with Gasteiger partial charge < -0.3 is 16.2 Å². The van der Waals surface area contributed by atoms with Gasteiger partial charge in [0.05, 0.1) is 5.57 Å². The number of hydrogen-bond acceptors (Lipinski definition) is 0. The van der Waals surface area contributed by atoms with E-state index in [1.807, 2.05) is 0 Å². The van der Waals surface area contributed by atoms with Gasteiger partial charge in [-0.25, -0.2) is 4.70 Å². The van der Waals surface area contributed by atoms with Gasteiger partial charge in [-0.3, -0.25) is 0 Å². The van der Waals surface area contributed by atoms with Crippen LogP contribution in [0.15, 0.2) is 71.8 Å². The molecule has 1 aliphatic rings. The summed E-state index contributed by atoms with van der Waals surface area (Å²) in [7, 11) is 7.00. The number of unbranched alkanes of at least 4 members (excludes halogenated alkanes) is 26. The van der Waals surface area contributed by atoms with Crippen LogP contribution in [-0.4, -0.2) is 32.9 Å². The summed E-state index contributed by atoms with van der Waals surface area (Å²) < 4.78 is 1.52. The average molecular weight is 896 g/mol. The molecule has 0 aliphatic carbocycles. The Morgan fingerprint density at radius 3 is 1.34 bits per heavy atom. The molecule has 0 radical (unpaired) electrons. The van der Waals surface area contributed by atoms with Crippen LogP contribution in [0.5, 0.6) is 0 Å². The van der Waals surface area contributed by atoms with E-state index in [2.05, 4.69) is 99.0 Å². The normalized spacial score (nSPS) is 12.4. The first-order chi connectivity index (χ1) is 29.9. The van der Waals surface area contributed by atoms with Crippen molar-refractivity contribution in [3.8, 4) is 0 Å². The molecule has 1 aliphatic heterocycles. The fourth-order valence-corrected chi connectivity index (χ4v) is 8.48. The maximum absolute atomic E-state index is 12.0. The van der Waals surface area contributed by atoms with Crippen molar-refractivity contribution >= 4 is 11.4 Å². The molecule has 0 aromatic heterocycles. The Morgan fingerprint density at radius 1 is 0.484 bits per heavy atom. The molecule has 3 rings (SSSR count). The van der Waals surface area contributed by atoms with Crippen molar-refractivity contribution in [2.75, 3.05) is 28.2 Å². The van der Waals surface area contributed by atoms with E-state index in [0.29, 0.717) is 0 Å². The van der Waals surface area contributed by atoms with E-state index < -0.39 is 0 Å². The van der Waals surface area contributed by atoms with Crippen LogP contribution >= 0.6 is 0 Å². The number of rotatable bonds is 34. The first kappa shape index (κ1) is 59.7. The second kappa shape index (κ2) is 42.6. The van der Waals surface area contributed by atoms with Crippen molar-refractivity contribution in [2.24, 2.45) is 0 Å². The third-order valence-electron chi connectivity index (χ3n) is 11.9. The molecule has 2 aromatic carbocycles. The minimum absolute atomic E-state index is 0. The largest absolute Gasteiger partial charge is 2.00 e. The molecule has 4 nitrogen and oxygen atoms in total. The van der Waals surface area contributed by atoms with E-state index in [9.17, 15) is 5.53 Å². The van der Waals surface area contributed by atoms with Crippen molar-refractivity contribution in [1.82, 2.24) is 0 Å². The Balaban J connectivity index is 0.00000501. The van der Waals surface area contributed by atoms with Gasteiger partial charge in [-0.15, -0.1) is 0 Å². The van der Waals surface area contributed by atoms with Crippen LogP contribution in [0.25, 0.3) is 27.6 Å². The van der Waals surface area contributed by atoms with Gasteiger partial charge in [0.1, 0.15) is 0 Å². The third-order valence-corrected chi connectivity index (χ3v) is 11.9. The SMILES string of the molecule is CCCCCC=CC1=C(c2cccc(CCCCCCCCCCCCCCCCCCCCCCCCC)c2)[N+](=[N-])C(c2cccc(C)c2)=C1CCCC.C[N-]C.C[N-]C.[Ni+2]. The van der Waals surface area contributed by atoms with Crippen LogP contribution in [0.4, 0.5) is 0 Å². The monoisotopic (exact) mass is 895 g/mol. The number of nitrogens with zero attached hydrogens (tertiary/aromatic N) is 4. The average Bonchev–Trinajstić information content (AvgIpc) is 3.53. The zero-order valence-electron chi connectivity index (χ0n) is 41.8. The van der Waals surface area contributed by atoms with Crippen molar-refractivity contribution in [3.63, 3.8) is 0 Å². The van der Waals surface area contributed by atoms with Gasteiger partial charge in [-0.05, 0) is 75.3 Å². The maximum Gasteiger partial charge on any atom is 2.00 e. The van der Waals surface area contributed by atoms with Gasteiger partial charge in [-0.1, -0.05) is 223 Å². The minimum Gasteiger partial charge on any atom is -0.668 e. The van der Waals surface area contributed by atoms with Crippen LogP contribution in [0, 0.1) is 6.92 Å². The van der Waals surface area contributed by atoms with E-state index in [1.165, 1.54) is 194 Å². The van der Waals surface area contributed by atoms with Crippen molar-refractivity contribution in [2.45, 2.75) is 227 Å². The molecule has 0 saturated heterocycles. The van der Waals surface area contributed by atoms with Gasteiger partial charge in [0, 0.05) is 16.7 Å². The Labute approximate surface area is 395 Å². The standard InChI is InChI=1S/C53H84N2.2C2H6N.Ni/c1-5-8-11-13-14-15-16-17-18-19-20-21-22-23-24-25-26-27-28-29-30-32-33-38-47-39-36-41-49(45-47)53-51(43-34-31-12-9-6-2)50(42-10-7-3)52(55(53)54)48-40-35-37-46(4)44-48;2*1-3-2;/h34-37,39-41,43-45H,5-33,38,42H2,1-4H3;2*1-2H3;/q;2*-1;+2. The van der Waals surface area contributed by atoms with Gasteiger partial charge in [0.15, 0.2) is 0 Å². The Hall–Kier alpha value is -2.33. The molecule has 0 N–H and O–H groups in total. The molecule has 2 aromatic rings. The van der Waals surface area contributed by atoms with E-state index >= 15 is 0 Å². The number of aryl methyl sites for hydroxylation is 2. The summed E-state index contributed by atoms with van der Waals surface area (Å²) in [6.07, 6.45) is 46.5. The van der Waals surface area contributed by atoms with Gasteiger partial charge >= 0.3 is 16.5 Å². The summed E-state index contributed by atoms with van der Waals surface area (Å²) in [5, 5.41) is 7.00. The summed E-state index contributed by atoms with van der Waals surface area (Å²) in [5.41, 5.74) is 21.2. The summed E-state index contributed by atoms with van der Waals surface area (Å²) in [4.78, 5) is 0. The quantitative estimate of drug-likeness (QED) is 0.0382. The fourth-order valence-electron chi connectivity index (χ4n) is 8.48. The molecular formula is C57H96N4Ni. The first-order valence-electron chi connectivity index (χ1n) is 25.7. The van der Waals surface area contributed by atoms with Crippen LogP contribution in [0.2, 0.25) is 0 Å². The topological polar surface area (TPSA) is 53.5 Å². The molecule has 62 heavy (non-hydrogen) atoms. The van der Waals surface area contributed by atoms with E-state index in [1.54, 1.807) is 28.2 Å². The molecule has 0 saturated carbocycles. The summed E-state index contributed by atoms with van der Waals surface area (Å²) in [6.45, 7) is 8.97. The second-order valence-electron chi connectivity index (χ2n) is 17.9. The molecule has 0 amide bonds. The molecule has 0 fully saturated rings. The Kier molecular flexibility index (Phi) is 41.0. The van der Waals surface area contributed by atoms with Crippen molar-refractivity contribution in [1.29, 1.82) is 0 Å². The van der Waals surface area contributed by atoms with Crippen LogP contribution in [-0.2, 0) is 22.9 Å². The molecule has 0 spiro atoms. The summed E-state index contributed by atoms with van der Waals surface area (Å²) in [5.74, 6) is 0. The summed E-state index contributed by atoms with van der Waals surface area (Å²) in [6, 6.07) is 17.6. The predicted octanol–water partition coefficient (Wildman–Crippen LogP) is 19.3. The first-order valence-corrected chi connectivity index (χ1v) is 25.7. The Bertz CT molecular complexity index is 1450. The van der Waals surface area contributed by atoms with Crippen LogP contribution in [0.3, 0.4) is 0 Å². The number of allylic oxidation sites excluding steroid dienone is 4. The number of benzene rings is 2. The molecule has 0 bridgehead atoms. The fraction of sp³-hybridized carbons (Fsp3) is 0.684. The van der Waals surface area contributed by atoms with Crippen LogP contribution < -0.4 is 0 Å². The zero-order chi connectivity index (χ0) is 44.6. The third kappa shape index (κ3) is 27.8. The summed E-state index contributed by atoms with van der Waals surface area (Å²) >= 11 is 0. The molecule has 354 valence electrons. The molecule has 1 heterocycles. The molecular weight excluding hydrogens is 799 g/mol. The molecule has 0 atom stereocenters. The van der Waals surface area contributed by atoms with Gasteiger partial charge in [-0.2, -0.15) is 28.2 Å². The Morgan fingerprint density at radius 2 is 0.887 bits per heavy atom. The van der Waals surface area contributed by atoms with E-state index in [-0.39, 0.29) is 16.5 Å². The maximum atomic E-state index is 12.0. The predicted molar refractivity (Wildman–Crippen MR) is 274 cm³/mol. The van der Waals surface area contributed by atoms with E-state index in [0.717, 1.165) is 54.6 Å². The van der Waals surface area contributed by atoms with Gasteiger partial charge in [0.2, 0.25) is 11.4 Å². The minimum atomic E-state index is 0. The second-order valence-corrected chi connectivity index (χ2v) is 17.9. The zero-order valence-corrected chi connectivity index (χ0v) is 42.8. The molecule has 0 unspecified atom stereocenters. The smallest absolute Gasteiger partial charge is 0.668 e. The van der Waals surface area contributed by atoms with Crippen molar-refractivity contribution < 1.29 is 21.2 Å².